The minimum Gasteiger partial charge on any atom is -0.381 e. The summed E-state index contributed by atoms with van der Waals surface area (Å²) in [6, 6.07) is 9.78. The van der Waals surface area contributed by atoms with E-state index in [2.05, 4.69) is 34.4 Å². The van der Waals surface area contributed by atoms with E-state index in [0.717, 1.165) is 81.6 Å². The molecule has 36 heavy (non-hydrogen) atoms. The quantitative estimate of drug-likeness (QED) is 0.494. The highest BCUT2D eigenvalue weighted by atomic mass is 32.1. The molecule has 2 aliphatic heterocycles. The van der Waals surface area contributed by atoms with Crippen molar-refractivity contribution in [3.8, 4) is 5.69 Å². The lowest BCUT2D eigenvalue weighted by molar-refractivity contribution is 0.0385. The van der Waals surface area contributed by atoms with E-state index < -0.39 is 0 Å². The Bertz CT molecular complexity index is 1160. The molecule has 0 aliphatic carbocycles. The minimum absolute atomic E-state index is 0.0915. The zero-order chi connectivity index (χ0) is 25.0. The second-order valence-corrected chi connectivity index (χ2v) is 10.9. The largest absolute Gasteiger partial charge is 0.381 e. The zero-order valence-corrected chi connectivity index (χ0v) is 21.8. The number of anilines is 2. The van der Waals surface area contributed by atoms with Crippen LogP contribution in [0.1, 0.15) is 35.9 Å². The van der Waals surface area contributed by atoms with Crippen LogP contribution >= 0.6 is 11.3 Å². The van der Waals surface area contributed by atoms with E-state index in [1.165, 1.54) is 16.9 Å². The molecule has 2 saturated heterocycles. The first kappa shape index (κ1) is 24.9. The number of hydrogen-bond acceptors (Lipinski definition) is 7. The fraction of sp³-hybridized carbons (Fsp3) is 0.500. The number of thiazole rings is 1. The number of rotatable bonds is 7. The van der Waals surface area contributed by atoms with Gasteiger partial charge in [0, 0.05) is 55.4 Å². The minimum atomic E-state index is -0.332. The molecule has 0 saturated carbocycles. The summed E-state index contributed by atoms with van der Waals surface area (Å²) in [4.78, 5) is 20.9. The lowest BCUT2D eigenvalue weighted by atomic mass is 9.79. The fourth-order valence-corrected chi connectivity index (χ4v) is 5.34. The van der Waals surface area contributed by atoms with Crippen LogP contribution in [0, 0.1) is 6.92 Å². The topological polar surface area (TPSA) is 93.5 Å². The van der Waals surface area contributed by atoms with Crippen LogP contribution in [0.3, 0.4) is 0 Å². The van der Waals surface area contributed by atoms with Crippen molar-refractivity contribution < 1.29 is 14.3 Å². The van der Waals surface area contributed by atoms with Gasteiger partial charge in [0.05, 0.1) is 24.6 Å². The SMILES string of the molecule is Cc1ccc(-n2nc(C3(C)CCOCC3)cc2NC(=O)Nc2ncc(CCN3CCOCC3)s2)cc1. The van der Waals surface area contributed by atoms with Gasteiger partial charge in [0.15, 0.2) is 5.13 Å². The van der Waals surface area contributed by atoms with Crippen LogP contribution in [0.2, 0.25) is 0 Å². The maximum atomic E-state index is 13.0. The van der Waals surface area contributed by atoms with E-state index in [4.69, 9.17) is 14.6 Å². The molecule has 10 heteroatoms. The van der Waals surface area contributed by atoms with Gasteiger partial charge in [-0.15, -0.1) is 11.3 Å². The third kappa shape index (κ3) is 5.95. The molecule has 2 fully saturated rings. The van der Waals surface area contributed by atoms with Crippen molar-refractivity contribution in [3.05, 3.63) is 52.7 Å². The highest BCUT2D eigenvalue weighted by molar-refractivity contribution is 7.15. The Morgan fingerprint density at radius 2 is 1.81 bits per heavy atom. The summed E-state index contributed by atoms with van der Waals surface area (Å²) in [5.74, 6) is 0.628. The Balaban J connectivity index is 1.28. The predicted molar refractivity (Wildman–Crippen MR) is 141 cm³/mol. The Labute approximate surface area is 215 Å². The monoisotopic (exact) mass is 510 g/mol. The van der Waals surface area contributed by atoms with Gasteiger partial charge in [0.25, 0.3) is 0 Å². The number of urea groups is 1. The van der Waals surface area contributed by atoms with Gasteiger partial charge in [-0.1, -0.05) is 24.6 Å². The number of carbonyl (C=O) groups is 1. The molecule has 5 rings (SSSR count). The van der Waals surface area contributed by atoms with Crippen LogP contribution in [0.4, 0.5) is 15.7 Å². The van der Waals surface area contributed by atoms with Gasteiger partial charge in [-0.2, -0.15) is 5.10 Å². The van der Waals surface area contributed by atoms with Crippen LogP contribution in [0.15, 0.2) is 36.5 Å². The normalized spacial score (nSPS) is 18.2. The number of nitrogens with zero attached hydrogens (tertiary/aromatic N) is 4. The number of aryl methyl sites for hydroxylation is 1. The van der Waals surface area contributed by atoms with Gasteiger partial charge in [0.1, 0.15) is 5.82 Å². The Morgan fingerprint density at radius 1 is 1.08 bits per heavy atom. The van der Waals surface area contributed by atoms with E-state index in [1.807, 2.05) is 41.2 Å². The van der Waals surface area contributed by atoms with Crippen molar-refractivity contribution in [3.63, 3.8) is 0 Å². The number of nitrogens with one attached hydrogen (secondary N) is 2. The highest BCUT2D eigenvalue weighted by Crippen LogP contribution is 2.35. The summed E-state index contributed by atoms with van der Waals surface area (Å²) >= 11 is 1.51. The first-order valence-electron chi connectivity index (χ1n) is 12.6. The number of morpholine rings is 1. The van der Waals surface area contributed by atoms with Gasteiger partial charge >= 0.3 is 6.03 Å². The smallest absolute Gasteiger partial charge is 0.326 e. The molecule has 0 bridgehead atoms. The van der Waals surface area contributed by atoms with Gasteiger partial charge in [0.2, 0.25) is 0 Å². The summed E-state index contributed by atoms with van der Waals surface area (Å²) in [6.45, 7) is 10.2. The molecule has 4 heterocycles. The lowest BCUT2D eigenvalue weighted by Crippen LogP contribution is -2.37. The molecule has 2 aliphatic rings. The Morgan fingerprint density at radius 3 is 2.56 bits per heavy atom. The summed E-state index contributed by atoms with van der Waals surface area (Å²) in [5, 5.41) is 11.4. The van der Waals surface area contributed by atoms with E-state index >= 15 is 0 Å². The fourth-order valence-electron chi connectivity index (χ4n) is 4.54. The first-order valence-corrected chi connectivity index (χ1v) is 13.4. The van der Waals surface area contributed by atoms with Crippen molar-refractivity contribution in [2.24, 2.45) is 0 Å². The standard InChI is InChI=1S/C26H34N6O3S/c1-19-3-5-20(6-4-19)32-23(17-22(30-32)26(2)8-13-34-14-9-26)28-24(33)29-25-27-18-21(36-25)7-10-31-11-15-35-16-12-31/h3-6,17-18H,7-16H2,1-2H3,(H2,27,28,29,33). The number of aromatic nitrogens is 3. The van der Waals surface area contributed by atoms with Crippen molar-refractivity contribution >= 4 is 28.3 Å². The second-order valence-electron chi connectivity index (χ2n) is 9.75. The Kier molecular flexibility index (Phi) is 7.66. The number of carbonyl (C=O) groups excluding carboxylic acids is 1. The zero-order valence-electron chi connectivity index (χ0n) is 21.0. The van der Waals surface area contributed by atoms with Gasteiger partial charge in [-0.25, -0.2) is 14.5 Å². The lowest BCUT2D eigenvalue weighted by Gasteiger charge is -2.31. The number of hydrogen-bond donors (Lipinski definition) is 2. The van der Waals surface area contributed by atoms with Crippen molar-refractivity contribution in [1.29, 1.82) is 0 Å². The molecule has 2 amide bonds. The molecule has 1 aromatic carbocycles. The van der Waals surface area contributed by atoms with Crippen molar-refractivity contribution in [1.82, 2.24) is 19.7 Å². The second kappa shape index (κ2) is 11.1. The van der Waals surface area contributed by atoms with E-state index in [-0.39, 0.29) is 11.4 Å². The van der Waals surface area contributed by atoms with Crippen molar-refractivity contribution in [2.75, 3.05) is 56.7 Å². The summed E-state index contributed by atoms with van der Waals surface area (Å²) in [5.41, 5.74) is 2.94. The molecule has 3 aromatic rings. The van der Waals surface area contributed by atoms with E-state index in [1.54, 1.807) is 0 Å². The van der Waals surface area contributed by atoms with E-state index in [9.17, 15) is 4.79 Å². The predicted octanol–water partition coefficient (Wildman–Crippen LogP) is 4.22. The van der Waals surface area contributed by atoms with Crippen LogP contribution in [-0.4, -0.2) is 71.8 Å². The maximum absolute atomic E-state index is 13.0. The summed E-state index contributed by atoms with van der Waals surface area (Å²) < 4.78 is 12.8. The Hall–Kier alpha value is -2.79. The third-order valence-electron chi connectivity index (χ3n) is 7.00. The summed E-state index contributed by atoms with van der Waals surface area (Å²) in [6.07, 6.45) is 4.56. The average molecular weight is 511 g/mol. The van der Waals surface area contributed by atoms with Crippen LogP contribution in [0.5, 0.6) is 0 Å². The molecular formula is C26H34N6O3S. The molecule has 0 atom stereocenters. The molecule has 0 spiro atoms. The van der Waals surface area contributed by atoms with Gasteiger partial charge in [-0.05, 0) is 38.3 Å². The molecular weight excluding hydrogens is 476 g/mol. The highest BCUT2D eigenvalue weighted by Gasteiger charge is 2.33. The van der Waals surface area contributed by atoms with Gasteiger partial charge in [-0.3, -0.25) is 15.5 Å². The third-order valence-corrected chi connectivity index (χ3v) is 7.97. The molecule has 9 nitrogen and oxygen atoms in total. The molecule has 0 unspecified atom stereocenters. The van der Waals surface area contributed by atoms with Crippen molar-refractivity contribution in [2.45, 2.75) is 38.5 Å². The van der Waals surface area contributed by atoms with Gasteiger partial charge < -0.3 is 9.47 Å². The molecule has 0 radical (unpaired) electrons. The van der Waals surface area contributed by atoms with Crippen LogP contribution in [-0.2, 0) is 21.3 Å². The molecule has 192 valence electrons. The first-order chi connectivity index (χ1) is 17.5. The van der Waals surface area contributed by atoms with Crippen LogP contribution < -0.4 is 10.6 Å². The van der Waals surface area contributed by atoms with E-state index in [0.29, 0.717) is 10.9 Å². The number of benzene rings is 1. The number of amides is 2. The van der Waals surface area contributed by atoms with Crippen LogP contribution in [0.25, 0.3) is 5.69 Å². The molecule has 2 N–H and O–H groups in total. The maximum Gasteiger partial charge on any atom is 0.326 e. The summed E-state index contributed by atoms with van der Waals surface area (Å²) in [7, 11) is 0. The average Bonchev–Trinajstić information content (AvgIpc) is 3.52. The molecule has 2 aromatic heterocycles. The number of ether oxygens (including phenoxy) is 2.